The van der Waals surface area contributed by atoms with Gasteiger partial charge in [0, 0.05) is 95.4 Å². The summed E-state index contributed by atoms with van der Waals surface area (Å²) in [5, 5.41) is 20.7. The van der Waals surface area contributed by atoms with Crippen molar-refractivity contribution in [2.75, 3.05) is 69.7 Å². The molecular formula is C44H52N10O6. The highest BCUT2D eigenvalue weighted by Gasteiger charge is 2.39. The molecular weight excluding hydrogens is 765 g/mol. The molecule has 0 unspecified atom stereocenters. The van der Waals surface area contributed by atoms with Gasteiger partial charge in [0.2, 0.25) is 17.8 Å². The molecule has 7 heterocycles. The average Bonchev–Trinajstić information content (AvgIpc) is 3.68. The van der Waals surface area contributed by atoms with E-state index in [1.807, 2.05) is 23.6 Å². The smallest absolute Gasteiger partial charge is 0.258 e. The number of fused-ring (bicyclic) bond motifs is 2. The third-order valence-corrected chi connectivity index (χ3v) is 12.7. The number of nitrogen functional groups attached to an aromatic ring is 1. The molecule has 3 fully saturated rings. The van der Waals surface area contributed by atoms with Crippen LogP contribution in [-0.2, 0) is 46.9 Å². The van der Waals surface area contributed by atoms with Gasteiger partial charge in [-0.15, -0.1) is 0 Å². The summed E-state index contributed by atoms with van der Waals surface area (Å²) in [5.41, 5.74) is 12.4. The Morgan fingerprint density at radius 2 is 1.53 bits per heavy atom. The fourth-order valence-electron chi connectivity index (χ4n) is 9.28. The first-order chi connectivity index (χ1) is 29.0. The minimum atomic E-state index is -0.268. The van der Waals surface area contributed by atoms with Crippen LogP contribution in [0.5, 0.6) is 11.5 Å². The quantitative estimate of drug-likeness (QED) is 0.235. The summed E-state index contributed by atoms with van der Waals surface area (Å²) < 4.78 is 5.60. The number of aromatic nitrogens is 4. The van der Waals surface area contributed by atoms with Gasteiger partial charge in [-0.2, -0.15) is 0 Å². The van der Waals surface area contributed by atoms with Crippen LogP contribution in [0, 0.1) is 11.8 Å². The number of anilines is 2. The van der Waals surface area contributed by atoms with Gasteiger partial charge < -0.3 is 40.3 Å². The Balaban J connectivity index is 0.765. The normalized spacial score (nSPS) is 18.7. The maximum absolute atomic E-state index is 14.0. The molecule has 9 rings (SSSR count). The van der Waals surface area contributed by atoms with Crippen molar-refractivity contribution in [3.05, 3.63) is 81.8 Å². The summed E-state index contributed by atoms with van der Waals surface area (Å²) in [7, 11) is 0. The highest BCUT2D eigenvalue weighted by molar-refractivity contribution is 5.97. The van der Waals surface area contributed by atoms with E-state index in [1.54, 1.807) is 23.4 Å². The summed E-state index contributed by atoms with van der Waals surface area (Å²) >= 11 is 0. The lowest BCUT2D eigenvalue weighted by atomic mass is 9.91. The first-order valence-corrected chi connectivity index (χ1v) is 21.0. The number of phenolic OH excluding ortho intramolecular Hbond substituents is 2. The third-order valence-electron chi connectivity index (χ3n) is 12.7. The van der Waals surface area contributed by atoms with Gasteiger partial charge in [0.15, 0.2) is 5.82 Å². The molecule has 314 valence electrons. The zero-order chi connectivity index (χ0) is 41.7. The number of phenols is 2. The van der Waals surface area contributed by atoms with Crippen LogP contribution in [0.4, 0.5) is 11.8 Å². The van der Waals surface area contributed by atoms with Crippen LogP contribution in [0.3, 0.4) is 0 Å². The van der Waals surface area contributed by atoms with Crippen molar-refractivity contribution < 1.29 is 29.3 Å². The number of likely N-dealkylation sites (tertiary alicyclic amines) is 2. The van der Waals surface area contributed by atoms with Crippen LogP contribution in [-0.4, -0.2) is 126 Å². The van der Waals surface area contributed by atoms with Crippen LogP contribution in [0.2, 0.25) is 0 Å². The molecule has 0 saturated carbocycles. The van der Waals surface area contributed by atoms with Crippen molar-refractivity contribution in [1.29, 1.82) is 0 Å². The zero-order valence-electron chi connectivity index (χ0n) is 34.2. The minimum absolute atomic E-state index is 0.000893. The number of ether oxygens (including phenoxy) is 1. The van der Waals surface area contributed by atoms with Gasteiger partial charge in [0.05, 0.1) is 42.5 Å². The molecule has 4 aromatic rings. The Hall–Kier alpha value is -5.87. The van der Waals surface area contributed by atoms with Crippen LogP contribution in [0.1, 0.15) is 76.5 Å². The molecule has 5 aliphatic heterocycles. The molecule has 0 aliphatic carbocycles. The van der Waals surface area contributed by atoms with Crippen LogP contribution >= 0.6 is 0 Å². The number of piperidine rings is 1. The Bertz CT molecular complexity index is 2300. The van der Waals surface area contributed by atoms with E-state index in [1.165, 1.54) is 6.07 Å². The fourth-order valence-corrected chi connectivity index (χ4v) is 9.28. The van der Waals surface area contributed by atoms with Gasteiger partial charge in [-0.05, 0) is 53.5 Å². The van der Waals surface area contributed by atoms with Gasteiger partial charge in [-0.1, -0.05) is 32.0 Å². The molecule has 16 heteroatoms. The summed E-state index contributed by atoms with van der Waals surface area (Å²) in [6, 6.07) is 9.14. The summed E-state index contributed by atoms with van der Waals surface area (Å²) in [5.74, 6) is 1.14. The van der Waals surface area contributed by atoms with Gasteiger partial charge in [-0.25, -0.2) is 19.9 Å². The van der Waals surface area contributed by atoms with E-state index < -0.39 is 0 Å². The lowest BCUT2D eigenvalue weighted by Gasteiger charge is -2.42. The lowest BCUT2D eigenvalue weighted by molar-refractivity contribution is -0.146. The number of aromatic hydroxyl groups is 2. The summed E-state index contributed by atoms with van der Waals surface area (Å²) in [4.78, 5) is 69.3. The standard InChI is InChI=1S/C44H52N10O6/c1-26(2)34-16-35(38(56)17-37(34)55)43(59)54-23-29-4-3-27(15-30(29)24-54)20-50-21-32(22-50)42(58)52-8-5-28(6-9-52)41(57)53-10-7-33-36(25-53)48-39(31-18-46-44(45)47-19-31)49-40(33)51-11-13-60-14-12-51/h3-4,15-19,26,28,32,55-56H,5-14,20-25H2,1-2H3,(H2,45,46,47). The molecule has 2 aromatic heterocycles. The van der Waals surface area contributed by atoms with Gasteiger partial charge in [-0.3, -0.25) is 19.3 Å². The number of amides is 3. The molecule has 0 spiro atoms. The van der Waals surface area contributed by atoms with Crippen molar-refractivity contribution in [3.63, 3.8) is 0 Å². The number of benzene rings is 2. The van der Waals surface area contributed by atoms with Crippen molar-refractivity contribution in [3.8, 4) is 22.9 Å². The van der Waals surface area contributed by atoms with Crippen molar-refractivity contribution in [2.24, 2.45) is 11.8 Å². The second kappa shape index (κ2) is 16.3. The van der Waals surface area contributed by atoms with Crippen molar-refractivity contribution in [2.45, 2.75) is 65.2 Å². The van der Waals surface area contributed by atoms with Crippen LogP contribution < -0.4 is 10.6 Å². The van der Waals surface area contributed by atoms with Crippen molar-refractivity contribution in [1.82, 2.24) is 39.5 Å². The molecule has 0 radical (unpaired) electrons. The first-order valence-electron chi connectivity index (χ1n) is 21.0. The highest BCUT2D eigenvalue weighted by Crippen LogP contribution is 2.36. The number of hydrogen-bond acceptors (Lipinski definition) is 13. The van der Waals surface area contributed by atoms with E-state index in [4.69, 9.17) is 20.4 Å². The monoisotopic (exact) mass is 816 g/mol. The van der Waals surface area contributed by atoms with Gasteiger partial charge in [0.25, 0.3) is 5.91 Å². The Morgan fingerprint density at radius 1 is 0.817 bits per heavy atom. The van der Waals surface area contributed by atoms with Gasteiger partial charge >= 0.3 is 0 Å². The second-order valence-electron chi connectivity index (χ2n) is 17.1. The number of carbonyl (C=O) groups excluding carboxylic acids is 3. The molecule has 16 nitrogen and oxygen atoms in total. The average molecular weight is 817 g/mol. The lowest BCUT2D eigenvalue weighted by Crippen LogP contribution is -2.55. The van der Waals surface area contributed by atoms with Crippen molar-refractivity contribution >= 4 is 29.5 Å². The maximum atomic E-state index is 14.0. The predicted octanol–water partition coefficient (Wildman–Crippen LogP) is 3.30. The Kier molecular flexibility index (Phi) is 10.8. The first kappa shape index (κ1) is 39.6. The zero-order valence-corrected chi connectivity index (χ0v) is 34.2. The predicted molar refractivity (Wildman–Crippen MR) is 222 cm³/mol. The topological polar surface area (TPSA) is 195 Å². The fraction of sp³-hybridized carbons (Fsp3) is 0.477. The molecule has 4 N–H and O–H groups in total. The highest BCUT2D eigenvalue weighted by atomic mass is 16.5. The van der Waals surface area contributed by atoms with E-state index in [9.17, 15) is 24.6 Å². The van der Waals surface area contributed by atoms with E-state index in [2.05, 4.69) is 38.0 Å². The third kappa shape index (κ3) is 7.81. The molecule has 0 atom stereocenters. The minimum Gasteiger partial charge on any atom is -0.508 e. The van der Waals surface area contributed by atoms with E-state index in [-0.39, 0.29) is 58.5 Å². The van der Waals surface area contributed by atoms with Crippen LogP contribution in [0.15, 0.2) is 42.7 Å². The molecule has 60 heavy (non-hydrogen) atoms. The molecule has 2 aromatic carbocycles. The Morgan fingerprint density at radius 3 is 2.27 bits per heavy atom. The number of rotatable bonds is 8. The number of nitrogens with two attached hydrogens (primary N) is 1. The second-order valence-corrected chi connectivity index (χ2v) is 17.1. The number of carbonyl (C=O) groups is 3. The maximum Gasteiger partial charge on any atom is 0.258 e. The molecule has 3 amide bonds. The molecule has 5 aliphatic rings. The Labute approximate surface area is 349 Å². The van der Waals surface area contributed by atoms with E-state index in [0.29, 0.717) is 108 Å². The number of morpholine rings is 1. The number of nitrogens with zero attached hydrogens (tertiary/aromatic N) is 9. The SMILES string of the molecule is CC(C)c1cc(C(=O)N2Cc3ccc(CN4CC(C(=O)N5CCC(C(=O)N6CCc7c(nc(-c8cnc(N)nc8)nc7N7CCOCC7)C6)CC5)C4)cc3C2)c(O)cc1O. The molecule has 3 saturated heterocycles. The largest absolute Gasteiger partial charge is 0.508 e. The van der Waals surface area contributed by atoms with Crippen LogP contribution in [0.25, 0.3) is 11.4 Å². The summed E-state index contributed by atoms with van der Waals surface area (Å²) in [6.07, 6.45) is 5.19. The summed E-state index contributed by atoms with van der Waals surface area (Å²) in [6.45, 7) is 11.7. The van der Waals surface area contributed by atoms with E-state index in [0.717, 1.165) is 46.9 Å². The number of hydrogen-bond donors (Lipinski definition) is 3. The van der Waals surface area contributed by atoms with E-state index >= 15 is 0 Å². The molecule has 0 bridgehead atoms. The van der Waals surface area contributed by atoms with Gasteiger partial charge in [0.1, 0.15) is 17.3 Å².